The van der Waals surface area contributed by atoms with Crippen molar-refractivity contribution >= 4 is 23.5 Å². The lowest BCUT2D eigenvalue weighted by Crippen LogP contribution is -2.15. The van der Waals surface area contributed by atoms with E-state index in [9.17, 15) is 9.59 Å². The molecule has 7 nitrogen and oxygen atoms in total. The number of aromatic nitrogens is 3. The van der Waals surface area contributed by atoms with Gasteiger partial charge in [-0.3, -0.25) is 4.79 Å². The summed E-state index contributed by atoms with van der Waals surface area (Å²) in [6.07, 6.45) is 0. The third kappa shape index (κ3) is 4.27. The molecule has 0 radical (unpaired) electrons. The van der Waals surface area contributed by atoms with Crippen LogP contribution in [-0.2, 0) is 4.74 Å². The van der Waals surface area contributed by atoms with Crippen molar-refractivity contribution in [1.29, 1.82) is 0 Å². The molecule has 0 aliphatic carbocycles. The van der Waals surface area contributed by atoms with Crippen LogP contribution in [0.1, 0.15) is 50.2 Å². The van der Waals surface area contributed by atoms with Crippen molar-refractivity contribution in [3.8, 4) is 11.5 Å². The lowest BCUT2D eigenvalue weighted by Gasteiger charge is -2.07. The van der Waals surface area contributed by atoms with Crippen LogP contribution in [0.25, 0.3) is 11.5 Å². The number of carbonyl (C=O) groups excluding carboxylic acids is 2. The number of carbonyl (C=O) groups is 2. The molecule has 0 amide bonds. The first-order chi connectivity index (χ1) is 13.7. The zero-order valence-electron chi connectivity index (χ0n) is 17.2. The number of nitrogens with one attached hydrogen (secondary N) is 1. The second-order valence-electron chi connectivity index (χ2n) is 6.99. The number of nitrogens with zero attached hydrogens (tertiary/aromatic N) is 2. The summed E-state index contributed by atoms with van der Waals surface area (Å²) in [4.78, 5) is 27.9. The summed E-state index contributed by atoms with van der Waals surface area (Å²) in [5, 5.41) is 8.00. The smallest absolute Gasteiger partial charge is 0.339 e. The van der Waals surface area contributed by atoms with Gasteiger partial charge in [0.1, 0.15) is 0 Å². The quantitative estimate of drug-likeness (QED) is 0.362. The molecule has 1 aromatic carbocycles. The molecule has 152 valence electrons. The van der Waals surface area contributed by atoms with Crippen molar-refractivity contribution in [3.63, 3.8) is 0 Å². The molecule has 1 atom stereocenters. The molecule has 0 aliphatic rings. The number of Topliss-reactive ketones (excluding diaryl/α,β-unsaturated/α-hetero) is 1. The Hall–Kier alpha value is -2.87. The monoisotopic (exact) mass is 413 g/mol. The third-order valence-electron chi connectivity index (χ3n) is 4.60. The van der Waals surface area contributed by atoms with E-state index >= 15 is 0 Å². The van der Waals surface area contributed by atoms with Gasteiger partial charge in [0.15, 0.2) is 5.78 Å². The van der Waals surface area contributed by atoms with Gasteiger partial charge in [-0.15, -0.1) is 10.2 Å². The van der Waals surface area contributed by atoms with Crippen LogP contribution in [0.5, 0.6) is 0 Å². The van der Waals surface area contributed by atoms with Gasteiger partial charge >= 0.3 is 5.97 Å². The zero-order chi connectivity index (χ0) is 21.3. The number of hydrogen-bond donors (Lipinski definition) is 1. The predicted molar refractivity (Wildman–Crippen MR) is 110 cm³/mol. The number of aromatic amines is 1. The number of rotatable bonds is 6. The summed E-state index contributed by atoms with van der Waals surface area (Å²) in [5.41, 5.74) is 5.02. The largest absolute Gasteiger partial charge is 0.465 e. The van der Waals surface area contributed by atoms with E-state index in [0.29, 0.717) is 33.6 Å². The Labute approximate surface area is 173 Å². The number of ether oxygens (including phenoxy) is 1. The highest BCUT2D eigenvalue weighted by Gasteiger charge is 2.27. The molecule has 0 fully saturated rings. The molecule has 3 aromatic rings. The topological polar surface area (TPSA) is 98.1 Å². The van der Waals surface area contributed by atoms with Crippen molar-refractivity contribution in [2.45, 2.75) is 45.1 Å². The summed E-state index contributed by atoms with van der Waals surface area (Å²) < 4.78 is 10.6. The van der Waals surface area contributed by atoms with Crippen LogP contribution in [0.15, 0.2) is 27.8 Å². The Morgan fingerprint density at radius 1 is 1.10 bits per heavy atom. The van der Waals surface area contributed by atoms with E-state index in [1.807, 2.05) is 26.0 Å². The Balaban J connectivity index is 1.79. The fraction of sp³-hybridized carbons (Fsp3) is 0.333. The lowest BCUT2D eigenvalue weighted by molar-refractivity contribution is 0.0599. The number of methoxy groups -OCH3 is 1. The highest BCUT2D eigenvalue weighted by molar-refractivity contribution is 8.00. The molecular formula is C21H23N3O4S. The van der Waals surface area contributed by atoms with Gasteiger partial charge in [0.05, 0.1) is 23.6 Å². The SMILES string of the molecule is COC(=O)c1c(C)[nH]c(C(=O)[C@H](C)Sc2nnc(-c3cc(C)cc(C)c3)o2)c1C. The normalized spacial score (nSPS) is 12.1. The van der Waals surface area contributed by atoms with E-state index < -0.39 is 11.2 Å². The van der Waals surface area contributed by atoms with Crippen molar-refractivity contribution < 1.29 is 18.7 Å². The molecular weight excluding hydrogens is 390 g/mol. The fourth-order valence-corrected chi connectivity index (χ4v) is 4.03. The van der Waals surface area contributed by atoms with Gasteiger partial charge in [-0.1, -0.05) is 29.0 Å². The molecule has 0 saturated carbocycles. The van der Waals surface area contributed by atoms with E-state index in [-0.39, 0.29) is 5.78 Å². The molecule has 1 N–H and O–H groups in total. The molecule has 0 saturated heterocycles. The molecule has 0 spiro atoms. The number of benzene rings is 1. The number of H-pyrrole nitrogens is 1. The van der Waals surface area contributed by atoms with E-state index in [2.05, 4.69) is 21.2 Å². The number of hydrogen-bond acceptors (Lipinski definition) is 7. The van der Waals surface area contributed by atoms with Crippen LogP contribution < -0.4 is 0 Å². The van der Waals surface area contributed by atoms with E-state index in [4.69, 9.17) is 9.15 Å². The third-order valence-corrected chi connectivity index (χ3v) is 5.53. The first-order valence-corrected chi connectivity index (χ1v) is 9.99. The standard InChI is InChI=1S/C21H23N3O4S/c1-10-7-11(2)9-15(8-10)19-23-24-21(28-19)29-14(5)18(25)17-12(3)16(13(4)22-17)20(26)27-6/h7-9,14,22H,1-6H3/t14-/m0/s1. The lowest BCUT2D eigenvalue weighted by atomic mass is 10.1. The molecule has 29 heavy (non-hydrogen) atoms. The van der Waals surface area contributed by atoms with Gasteiger partial charge in [0.2, 0.25) is 5.89 Å². The first-order valence-electron chi connectivity index (χ1n) is 9.11. The van der Waals surface area contributed by atoms with Crippen molar-refractivity contribution in [2.75, 3.05) is 7.11 Å². The van der Waals surface area contributed by atoms with Gasteiger partial charge in [0.25, 0.3) is 5.22 Å². The van der Waals surface area contributed by atoms with Gasteiger partial charge in [-0.05, 0) is 52.3 Å². The predicted octanol–water partition coefficient (Wildman–Crippen LogP) is 4.45. The van der Waals surface area contributed by atoms with Gasteiger partial charge < -0.3 is 14.1 Å². The van der Waals surface area contributed by atoms with E-state index in [1.165, 1.54) is 18.9 Å². The zero-order valence-corrected chi connectivity index (χ0v) is 18.1. The number of ketones is 1. The number of aryl methyl sites for hydroxylation is 3. The number of esters is 1. The summed E-state index contributed by atoms with van der Waals surface area (Å²) >= 11 is 1.18. The Kier molecular flexibility index (Phi) is 5.93. The van der Waals surface area contributed by atoms with Crippen LogP contribution in [-0.4, -0.2) is 39.3 Å². The summed E-state index contributed by atoms with van der Waals surface area (Å²) in [7, 11) is 1.32. The second-order valence-corrected chi connectivity index (χ2v) is 8.28. The highest BCUT2D eigenvalue weighted by atomic mass is 32.2. The molecule has 0 unspecified atom stereocenters. The molecule has 2 heterocycles. The molecule has 2 aromatic heterocycles. The fourth-order valence-electron chi connectivity index (χ4n) is 3.28. The van der Waals surface area contributed by atoms with Crippen LogP contribution in [0.2, 0.25) is 0 Å². The molecule has 8 heteroatoms. The average Bonchev–Trinajstić information content (AvgIpc) is 3.24. The van der Waals surface area contributed by atoms with Crippen LogP contribution in [0, 0.1) is 27.7 Å². The summed E-state index contributed by atoms with van der Waals surface area (Å²) in [5.74, 6) is -0.207. The van der Waals surface area contributed by atoms with Gasteiger partial charge in [0, 0.05) is 11.3 Å². The Bertz CT molecular complexity index is 1060. The maximum atomic E-state index is 12.9. The van der Waals surface area contributed by atoms with Gasteiger partial charge in [-0.2, -0.15) is 0 Å². The van der Waals surface area contributed by atoms with Crippen molar-refractivity contribution in [1.82, 2.24) is 15.2 Å². The van der Waals surface area contributed by atoms with Crippen molar-refractivity contribution in [2.24, 2.45) is 0 Å². The highest BCUT2D eigenvalue weighted by Crippen LogP contribution is 2.30. The number of thioether (sulfide) groups is 1. The molecule has 3 rings (SSSR count). The maximum Gasteiger partial charge on any atom is 0.339 e. The molecule has 0 bridgehead atoms. The van der Waals surface area contributed by atoms with Crippen LogP contribution >= 0.6 is 11.8 Å². The Morgan fingerprint density at radius 2 is 1.76 bits per heavy atom. The van der Waals surface area contributed by atoms with Crippen LogP contribution in [0.4, 0.5) is 0 Å². The molecule has 0 aliphatic heterocycles. The minimum Gasteiger partial charge on any atom is -0.465 e. The summed E-state index contributed by atoms with van der Waals surface area (Å²) in [6, 6.07) is 6.02. The van der Waals surface area contributed by atoms with Crippen LogP contribution in [0.3, 0.4) is 0 Å². The van der Waals surface area contributed by atoms with Gasteiger partial charge in [-0.25, -0.2) is 4.79 Å². The van der Waals surface area contributed by atoms with E-state index in [0.717, 1.165) is 16.7 Å². The average molecular weight is 413 g/mol. The van der Waals surface area contributed by atoms with Crippen molar-refractivity contribution in [3.05, 3.63) is 51.8 Å². The maximum absolute atomic E-state index is 12.9. The van der Waals surface area contributed by atoms with E-state index in [1.54, 1.807) is 20.8 Å². The Morgan fingerprint density at radius 3 is 2.38 bits per heavy atom. The first kappa shape index (κ1) is 20.9. The second kappa shape index (κ2) is 8.24. The summed E-state index contributed by atoms with van der Waals surface area (Å²) in [6.45, 7) is 9.24. The minimum atomic E-state index is -0.482. The minimum absolute atomic E-state index is 0.156.